The van der Waals surface area contributed by atoms with E-state index in [2.05, 4.69) is 5.43 Å². The summed E-state index contributed by atoms with van der Waals surface area (Å²) in [6.45, 7) is 1.49. The van der Waals surface area contributed by atoms with Crippen molar-refractivity contribution in [1.29, 1.82) is 0 Å². The average Bonchev–Trinajstić information content (AvgIpc) is 2.33. The largest absolute Gasteiger partial charge is 0.451 e. The van der Waals surface area contributed by atoms with E-state index in [0.717, 1.165) is 32.4 Å². The molecule has 0 aromatic heterocycles. The summed E-state index contributed by atoms with van der Waals surface area (Å²) < 4.78 is 0.148. The van der Waals surface area contributed by atoms with Gasteiger partial charge in [-0.2, -0.15) is 5.43 Å². The van der Waals surface area contributed by atoms with E-state index in [-0.39, 0.29) is 16.7 Å². The first-order chi connectivity index (χ1) is 6.16. The van der Waals surface area contributed by atoms with Gasteiger partial charge in [0.15, 0.2) is 0 Å². The van der Waals surface area contributed by atoms with Crippen LogP contribution in [0.4, 0.5) is 9.59 Å². The first kappa shape index (κ1) is 8.50. The molecule has 0 aromatic carbocycles. The molecule has 2 rings (SSSR count). The van der Waals surface area contributed by atoms with Gasteiger partial charge in [0, 0.05) is 7.05 Å². The molecule has 0 saturated carbocycles. The monoisotopic (exact) mass is 184 g/mol. The second-order valence-electron chi connectivity index (χ2n) is 3.73. The summed E-state index contributed by atoms with van der Waals surface area (Å²) in [5.41, 5.74) is 2.74. The first-order valence-corrected chi connectivity index (χ1v) is 4.63. The highest BCUT2D eigenvalue weighted by atomic mass is 16.2. The Morgan fingerprint density at radius 3 is 2.31 bits per heavy atom. The van der Waals surface area contributed by atoms with Gasteiger partial charge in [-0.3, -0.25) is 0 Å². The minimum atomic E-state index is -0.271. The number of nitrogens with one attached hydrogen (secondary N) is 1. The molecule has 2 fully saturated rings. The van der Waals surface area contributed by atoms with Crippen LogP contribution in [0, 0.1) is 0 Å². The van der Waals surface area contributed by atoms with Crippen molar-refractivity contribution in [3.8, 4) is 0 Å². The molecule has 72 valence electrons. The minimum Gasteiger partial charge on any atom is -0.243 e. The maximum absolute atomic E-state index is 11.7. The molecule has 0 aromatic rings. The van der Waals surface area contributed by atoms with Gasteiger partial charge >= 0.3 is 12.1 Å². The molecular formula is C8H14N3O2+. The molecule has 2 aliphatic rings. The molecular weight excluding hydrogens is 170 g/mol. The van der Waals surface area contributed by atoms with Crippen LogP contribution in [0.1, 0.15) is 19.3 Å². The van der Waals surface area contributed by atoms with E-state index in [4.69, 9.17) is 0 Å². The van der Waals surface area contributed by atoms with Gasteiger partial charge in [-0.25, -0.2) is 14.5 Å². The van der Waals surface area contributed by atoms with Crippen LogP contribution in [0.25, 0.3) is 0 Å². The maximum atomic E-state index is 11.7. The molecule has 5 heteroatoms. The molecule has 2 saturated heterocycles. The Morgan fingerprint density at radius 1 is 1.23 bits per heavy atom. The van der Waals surface area contributed by atoms with Gasteiger partial charge in [0.2, 0.25) is 0 Å². The zero-order valence-corrected chi connectivity index (χ0v) is 7.75. The van der Waals surface area contributed by atoms with Crippen molar-refractivity contribution in [2.24, 2.45) is 0 Å². The number of piperidine rings is 1. The van der Waals surface area contributed by atoms with Crippen molar-refractivity contribution in [1.82, 2.24) is 10.3 Å². The lowest BCUT2D eigenvalue weighted by Crippen LogP contribution is -2.59. The number of quaternary nitrogens is 1. The predicted octanol–water partition coefficient (Wildman–Crippen LogP) is 0.677. The van der Waals surface area contributed by atoms with Crippen LogP contribution < -0.4 is 5.43 Å². The van der Waals surface area contributed by atoms with E-state index < -0.39 is 0 Å². The van der Waals surface area contributed by atoms with Crippen molar-refractivity contribution < 1.29 is 14.2 Å². The van der Waals surface area contributed by atoms with Gasteiger partial charge in [-0.1, -0.05) is 0 Å². The van der Waals surface area contributed by atoms with Crippen LogP contribution in [0.3, 0.4) is 0 Å². The zero-order valence-electron chi connectivity index (χ0n) is 7.75. The fourth-order valence-corrected chi connectivity index (χ4v) is 2.04. The van der Waals surface area contributed by atoms with Crippen molar-refractivity contribution >= 4 is 12.1 Å². The number of carbonyl (C=O) groups excluding carboxylic acids is 2. The fraction of sp³-hybridized carbons (Fsp3) is 0.750. The molecule has 4 amide bonds. The fourth-order valence-electron chi connectivity index (χ4n) is 2.04. The van der Waals surface area contributed by atoms with E-state index >= 15 is 0 Å². The normalized spacial score (nSPS) is 26.7. The van der Waals surface area contributed by atoms with Crippen molar-refractivity contribution in [3.05, 3.63) is 0 Å². The van der Waals surface area contributed by atoms with E-state index in [1.54, 1.807) is 0 Å². The van der Waals surface area contributed by atoms with E-state index in [0.29, 0.717) is 0 Å². The molecule has 2 heterocycles. The van der Waals surface area contributed by atoms with E-state index in [1.165, 1.54) is 11.9 Å². The lowest BCUT2D eigenvalue weighted by molar-refractivity contribution is -0.885. The van der Waals surface area contributed by atoms with Crippen molar-refractivity contribution in [2.75, 3.05) is 20.1 Å². The summed E-state index contributed by atoms with van der Waals surface area (Å²) in [6, 6.07) is -0.378. The highest BCUT2D eigenvalue weighted by Gasteiger charge is 2.51. The Hall–Kier alpha value is -1.10. The second-order valence-corrected chi connectivity index (χ2v) is 3.73. The molecule has 0 unspecified atom stereocenters. The third kappa shape index (κ3) is 1.11. The molecule has 1 N–H and O–H groups in total. The van der Waals surface area contributed by atoms with Crippen molar-refractivity contribution in [2.45, 2.75) is 19.3 Å². The molecule has 0 bridgehead atoms. The number of carbonyl (C=O) groups is 2. The lowest BCUT2D eigenvalue weighted by atomic mass is 10.1. The van der Waals surface area contributed by atoms with Crippen LogP contribution in [-0.2, 0) is 0 Å². The Kier molecular flexibility index (Phi) is 1.76. The third-order valence-corrected chi connectivity index (χ3v) is 2.85. The van der Waals surface area contributed by atoms with Crippen LogP contribution in [-0.4, -0.2) is 41.7 Å². The molecule has 1 spiro atoms. The maximum Gasteiger partial charge on any atom is 0.451 e. The van der Waals surface area contributed by atoms with Gasteiger partial charge in [-0.15, -0.1) is 4.59 Å². The Labute approximate surface area is 76.9 Å². The summed E-state index contributed by atoms with van der Waals surface area (Å²) in [7, 11) is 1.53. The molecule has 5 nitrogen and oxygen atoms in total. The van der Waals surface area contributed by atoms with E-state index in [9.17, 15) is 9.59 Å². The number of hydrogen-bond donors (Lipinski definition) is 1. The lowest BCUT2D eigenvalue weighted by Gasteiger charge is -2.31. The highest BCUT2D eigenvalue weighted by molar-refractivity contribution is 5.94. The SMILES string of the molecule is CN1C(=O)N[N+]2(CCCCC2)C1=O. The number of amides is 4. The van der Waals surface area contributed by atoms with Crippen LogP contribution in [0.5, 0.6) is 0 Å². The summed E-state index contributed by atoms with van der Waals surface area (Å²) in [4.78, 5) is 24.1. The zero-order chi connectivity index (χ0) is 9.47. The minimum absolute atomic E-state index is 0.107. The quantitative estimate of drug-likeness (QED) is 0.563. The van der Waals surface area contributed by atoms with Crippen molar-refractivity contribution in [3.63, 3.8) is 0 Å². The summed E-state index contributed by atoms with van der Waals surface area (Å²) in [6.07, 6.45) is 3.19. The van der Waals surface area contributed by atoms with Gasteiger partial charge in [-0.05, 0) is 19.3 Å². The van der Waals surface area contributed by atoms with Crippen LogP contribution in [0.15, 0.2) is 0 Å². The van der Waals surface area contributed by atoms with E-state index in [1.807, 2.05) is 0 Å². The topological polar surface area (TPSA) is 49.4 Å². The molecule has 0 aliphatic carbocycles. The van der Waals surface area contributed by atoms with Crippen LogP contribution >= 0.6 is 0 Å². The molecule has 2 aliphatic heterocycles. The summed E-state index contributed by atoms with van der Waals surface area (Å²) in [5.74, 6) is 0. The van der Waals surface area contributed by atoms with Gasteiger partial charge in [0.1, 0.15) is 13.1 Å². The Balaban J connectivity index is 2.23. The first-order valence-electron chi connectivity index (χ1n) is 4.63. The molecule has 0 radical (unpaired) electrons. The Morgan fingerprint density at radius 2 is 1.85 bits per heavy atom. The predicted molar refractivity (Wildman–Crippen MR) is 45.5 cm³/mol. The standard InChI is InChI=1S/C8H13N3O2/c1-10-7(12)9-11(8(10)13)5-3-2-4-6-11/h2-6H2,1H3/p+1. The number of nitrogens with zero attached hydrogens (tertiary/aromatic N) is 2. The van der Waals surface area contributed by atoms with Crippen LogP contribution in [0.2, 0.25) is 0 Å². The number of hydrogen-bond acceptors (Lipinski definition) is 2. The van der Waals surface area contributed by atoms with Gasteiger partial charge in [0.25, 0.3) is 0 Å². The van der Waals surface area contributed by atoms with Gasteiger partial charge < -0.3 is 0 Å². The smallest absolute Gasteiger partial charge is 0.243 e. The Bertz CT molecular complexity index is 258. The second kappa shape index (κ2) is 2.70. The average molecular weight is 184 g/mol. The number of imide groups is 1. The summed E-state index contributed by atoms with van der Waals surface area (Å²) >= 11 is 0. The summed E-state index contributed by atoms with van der Waals surface area (Å²) in [5, 5.41) is 0. The third-order valence-electron chi connectivity index (χ3n) is 2.85. The number of urea groups is 2. The highest BCUT2D eigenvalue weighted by Crippen LogP contribution is 2.22. The number of rotatable bonds is 0. The van der Waals surface area contributed by atoms with Gasteiger partial charge in [0.05, 0.1) is 0 Å². The molecule has 13 heavy (non-hydrogen) atoms. The molecule has 0 atom stereocenters.